The molecule has 0 amide bonds. The third kappa shape index (κ3) is 1.95. The van der Waals surface area contributed by atoms with Crippen LogP contribution in [0.3, 0.4) is 0 Å². The van der Waals surface area contributed by atoms with Crippen molar-refractivity contribution in [3.05, 3.63) is 0 Å². The predicted octanol–water partition coefficient (Wildman–Crippen LogP) is -2.77. The molecule has 0 radical (unpaired) electrons. The van der Waals surface area contributed by atoms with E-state index in [1.54, 1.807) is 0 Å². The molecule has 1 aliphatic rings. The molecule has 0 unspecified atom stereocenters. The Labute approximate surface area is 54.4 Å². The van der Waals surface area contributed by atoms with Crippen molar-refractivity contribution in [2.45, 2.75) is 18.9 Å². The third-order valence-corrected chi connectivity index (χ3v) is 3.92. The number of aliphatic hydroxyl groups is 1. The molecule has 1 heterocycles. The normalized spacial score (nSPS) is 26.4. The first-order valence-electron chi connectivity index (χ1n) is 2.61. The first kappa shape index (κ1) is 5.82. The predicted molar refractivity (Wildman–Crippen MR) is 25.0 cm³/mol. The van der Waals surface area contributed by atoms with Gasteiger partial charge in [0.1, 0.15) is 0 Å². The summed E-state index contributed by atoms with van der Waals surface area (Å²) in [6, 6.07) is 0. The van der Waals surface area contributed by atoms with Gasteiger partial charge < -0.3 is 0 Å². The Kier molecular flexibility index (Phi) is 2.38. The molecular formula is C5H10IO-. The SMILES string of the molecule is OC1CC[I-]CC1. The van der Waals surface area contributed by atoms with E-state index in [-0.39, 0.29) is 6.10 Å². The maximum absolute atomic E-state index is 8.93. The number of rotatable bonds is 0. The average Bonchev–Trinajstić information content (AvgIpc) is 1.69. The monoisotopic (exact) mass is 213 g/mol. The molecular weight excluding hydrogens is 203 g/mol. The van der Waals surface area contributed by atoms with Gasteiger partial charge >= 0.3 is 54.1 Å². The van der Waals surface area contributed by atoms with Gasteiger partial charge in [0.25, 0.3) is 0 Å². The van der Waals surface area contributed by atoms with Crippen molar-refractivity contribution in [1.29, 1.82) is 0 Å². The van der Waals surface area contributed by atoms with E-state index in [0.717, 1.165) is 12.8 Å². The fourth-order valence-corrected chi connectivity index (χ4v) is 3.50. The quantitative estimate of drug-likeness (QED) is 0.341. The Bertz CT molecular complexity index is 50.0. The molecule has 1 fully saturated rings. The number of halogens is 1. The van der Waals surface area contributed by atoms with Crippen LogP contribution < -0.4 is 21.2 Å². The Morgan fingerprint density at radius 1 is 1.29 bits per heavy atom. The second-order valence-electron chi connectivity index (χ2n) is 1.80. The van der Waals surface area contributed by atoms with E-state index in [0.29, 0.717) is 21.2 Å². The summed E-state index contributed by atoms with van der Waals surface area (Å²) in [5, 5.41) is 8.93. The molecule has 1 saturated heterocycles. The van der Waals surface area contributed by atoms with Crippen LogP contribution in [0.5, 0.6) is 0 Å². The third-order valence-electron chi connectivity index (χ3n) is 1.15. The average molecular weight is 213 g/mol. The zero-order valence-corrected chi connectivity index (χ0v) is 6.39. The van der Waals surface area contributed by atoms with Gasteiger partial charge in [-0.15, -0.1) is 0 Å². The van der Waals surface area contributed by atoms with Gasteiger partial charge in [-0.1, -0.05) is 0 Å². The van der Waals surface area contributed by atoms with Gasteiger partial charge in [0, 0.05) is 0 Å². The van der Waals surface area contributed by atoms with E-state index in [1.807, 2.05) is 0 Å². The molecule has 0 aliphatic carbocycles. The standard InChI is InChI=1S/C5H10IO/c7-5-1-3-6-4-2-5/h5,7H,1-4H2/q-1. The van der Waals surface area contributed by atoms with Crippen LogP contribution in [0.4, 0.5) is 0 Å². The van der Waals surface area contributed by atoms with Gasteiger partial charge in [-0.05, 0) is 0 Å². The van der Waals surface area contributed by atoms with Gasteiger partial charge in [0.15, 0.2) is 0 Å². The molecule has 0 spiro atoms. The van der Waals surface area contributed by atoms with Crippen molar-refractivity contribution in [3.63, 3.8) is 0 Å². The molecule has 0 atom stereocenters. The molecule has 0 aromatic rings. The molecule has 0 aromatic heterocycles. The van der Waals surface area contributed by atoms with E-state index >= 15 is 0 Å². The summed E-state index contributed by atoms with van der Waals surface area (Å²) in [5.74, 6) is 0. The van der Waals surface area contributed by atoms with Crippen LogP contribution in [0.25, 0.3) is 0 Å². The van der Waals surface area contributed by atoms with Crippen LogP contribution in [-0.4, -0.2) is 20.1 Å². The van der Waals surface area contributed by atoms with Gasteiger partial charge in [-0.2, -0.15) is 0 Å². The topological polar surface area (TPSA) is 20.2 Å². The van der Waals surface area contributed by atoms with Crippen molar-refractivity contribution >= 4 is 0 Å². The van der Waals surface area contributed by atoms with E-state index < -0.39 is 0 Å². The molecule has 1 aliphatic heterocycles. The first-order chi connectivity index (χ1) is 3.39. The molecule has 0 aromatic carbocycles. The molecule has 0 saturated carbocycles. The second-order valence-corrected chi connectivity index (χ2v) is 5.03. The fourth-order valence-electron chi connectivity index (χ4n) is 0.645. The van der Waals surface area contributed by atoms with Crippen molar-refractivity contribution in [1.82, 2.24) is 0 Å². The van der Waals surface area contributed by atoms with Crippen molar-refractivity contribution in [2.75, 3.05) is 8.86 Å². The van der Waals surface area contributed by atoms with Crippen LogP contribution in [0, 0.1) is 0 Å². The van der Waals surface area contributed by atoms with Crippen molar-refractivity contribution < 1.29 is 26.3 Å². The van der Waals surface area contributed by atoms with Crippen molar-refractivity contribution in [2.24, 2.45) is 0 Å². The maximum atomic E-state index is 8.93. The summed E-state index contributed by atoms with van der Waals surface area (Å²) in [6.07, 6.45) is 2.24. The van der Waals surface area contributed by atoms with E-state index in [1.165, 1.54) is 8.86 Å². The fraction of sp³-hybridized carbons (Fsp3) is 1.00. The zero-order chi connectivity index (χ0) is 5.11. The van der Waals surface area contributed by atoms with Crippen LogP contribution in [0.2, 0.25) is 0 Å². The summed E-state index contributed by atoms with van der Waals surface area (Å²) in [7, 11) is 0. The number of aliphatic hydroxyl groups excluding tert-OH is 1. The van der Waals surface area contributed by atoms with Crippen LogP contribution in [-0.2, 0) is 0 Å². The molecule has 44 valence electrons. The molecule has 7 heavy (non-hydrogen) atoms. The minimum atomic E-state index is 0.0634. The number of hydrogen-bond donors (Lipinski definition) is 1. The Morgan fingerprint density at radius 2 is 1.86 bits per heavy atom. The molecule has 1 nitrogen and oxygen atoms in total. The number of hydrogen-bond acceptors (Lipinski definition) is 1. The molecule has 1 N–H and O–H groups in total. The van der Waals surface area contributed by atoms with E-state index in [2.05, 4.69) is 0 Å². The summed E-state index contributed by atoms with van der Waals surface area (Å²) in [5.41, 5.74) is 0. The van der Waals surface area contributed by atoms with Crippen LogP contribution in [0.15, 0.2) is 0 Å². The molecule has 1 rings (SSSR count). The van der Waals surface area contributed by atoms with Gasteiger partial charge in [-0.25, -0.2) is 0 Å². The zero-order valence-electron chi connectivity index (χ0n) is 4.23. The summed E-state index contributed by atoms with van der Waals surface area (Å²) in [4.78, 5) is 0. The minimum absolute atomic E-state index is 0.0634. The van der Waals surface area contributed by atoms with Crippen LogP contribution >= 0.6 is 0 Å². The summed E-state index contributed by atoms with van der Waals surface area (Å²) in [6.45, 7) is 0. The van der Waals surface area contributed by atoms with E-state index in [4.69, 9.17) is 5.11 Å². The van der Waals surface area contributed by atoms with E-state index in [9.17, 15) is 0 Å². The Morgan fingerprint density at radius 3 is 2.14 bits per heavy atom. The second kappa shape index (κ2) is 2.87. The summed E-state index contributed by atoms with van der Waals surface area (Å²) < 4.78 is 2.69. The first-order valence-corrected chi connectivity index (χ1v) is 5.66. The van der Waals surface area contributed by atoms with Crippen molar-refractivity contribution in [3.8, 4) is 0 Å². The van der Waals surface area contributed by atoms with Gasteiger partial charge in [0.2, 0.25) is 0 Å². The Hall–Kier alpha value is 0.690. The molecule has 2 heteroatoms. The van der Waals surface area contributed by atoms with Crippen LogP contribution in [0.1, 0.15) is 12.8 Å². The summed E-state index contributed by atoms with van der Waals surface area (Å²) >= 11 is 0.528. The number of alkyl halides is 2. The van der Waals surface area contributed by atoms with Gasteiger partial charge in [0.05, 0.1) is 0 Å². The molecule has 0 bridgehead atoms. The van der Waals surface area contributed by atoms with Gasteiger partial charge in [-0.3, -0.25) is 0 Å². The Balaban J connectivity index is 2.12.